The molecule has 0 amide bonds. The van der Waals surface area contributed by atoms with Gasteiger partial charge in [0.15, 0.2) is 0 Å². The predicted octanol–water partition coefficient (Wildman–Crippen LogP) is 6.22. The van der Waals surface area contributed by atoms with Gasteiger partial charge in [-0.25, -0.2) is 13.4 Å². The lowest BCUT2D eigenvalue weighted by atomic mass is 10.1. The number of anilines is 1. The van der Waals surface area contributed by atoms with Crippen LogP contribution < -0.4 is 5.43 Å². The zero-order valence-corrected chi connectivity index (χ0v) is 20.9. The molecule has 0 fully saturated rings. The van der Waals surface area contributed by atoms with Crippen molar-refractivity contribution in [2.45, 2.75) is 31.6 Å². The number of benzene rings is 3. The van der Waals surface area contributed by atoms with E-state index < -0.39 is 10.0 Å². The number of nitrogens with one attached hydrogen (secondary N) is 1. The fraction of sp³-hybridized carbons (Fsp3) is 0.231. The van der Waals surface area contributed by atoms with E-state index in [2.05, 4.69) is 33.7 Å². The summed E-state index contributed by atoms with van der Waals surface area (Å²) >= 11 is 1.42. The van der Waals surface area contributed by atoms with Gasteiger partial charge in [0.25, 0.3) is 0 Å². The van der Waals surface area contributed by atoms with Gasteiger partial charge in [-0.3, -0.25) is 5.43 Å². The Morgan fingerprint density at radius 3 is 2.53 bits per heavy atom. The van der Waals surface area contributed by atoms with E-state index in [0.29, 0.717) is 28.8 Å². The van der Waals surface area contributed by atoms with Crippen LogP contribution in [0, 0.1) is 0 Å². The molecule has 1 aromatic heterocycles. The molecule has 0 atom stereocenters. The third-order valence-corrected chi connectivity index (χ3v) is 8.05. The average Bonchev–Trinajstić information content (AvgIpc) is 3.33. The van der Waals surface area contributed by atoms with Crippen LogP contribution >= 0.6 is 11.3 Å². The fourth-order valence-corrected chi connectivity index (χ4v) is 6.13. The van der Waals surface area contributed by atoms with E-state index in [1.54, 1.807) is 28.7 Å². The Balaban J connectivity index is 1.51. The van der Waals surface area contributed by atoms with Crippen LogP contribution in [0.15, 0.2) is 82.1 Å². The average molecular weight is 493 g/mol. The first-order chi connectivity index (χ1) is 16.5. The molecule has 0 aliphatic rings. The third-order valence-electron chi connectivity index (χ3n) is 5.40. The SMILES string of the molecule is CCCN(CCC)S(=O)(=O)c1cccc(-c2csc(NN=Cc3cccc4ccccc34)n2)c1. The molecule has 0 aliphatic carbocycles. The van der Waals surface area contributed by atoms with Crippen molar-refractivity contribution in [3.63, 3.8) is 0 Å². The smallest absolute Gasteiger partial charge is 0.243 e. The molecule has 34 heavy (non-hydrogen) atoms. The molecule has 0 spiro atoms. The highest BCUT2D eigenvalue weighted by Gasteiger charge is 2.23. The predicted molar refractivity (Wildman–Crippen MR) is 142 cm³/mol. The van der Waals surface area contributed by atoms with Gasteiger partial charge in [-0.1, -0.05) is 68.4 Å². The lowest BCUT2D eigenvalue weighted by Gasteiger charge is -2.21. The first kappa shape index (κ1) is 24.1. The summed E-state index contributed by atoms with van der Waals surface area (Å²) in [5.74, 6) is 0. The summed E-state index contributed by atoms with van der Waals surface area (Å²) in [6.45, 7) is 5.00. The summed E-state index contributed by atoms with van der Waals surface area (Å²) in [5, 5.41) is 9.19. The van der Waals surface area contributed by atoms with E-state index in [1.165, 1.54) is 11.3 Å². The van der Waals surface area contributed by atoms with Crippen LogP contribution in [0.5, 0.6) is 0 Å². The maximum atomic E-state index is 13.1. The molecule has 0 unspecified atom stereocenters. The number of hydrazone groups is 1. The molecule has 4 rings (SSSR count). The quantitative estimate of drug-likeness (QED) is 0.211. The number of sulfonamides is 1. The highest BCUT2D eigenvalue weighted by Crippen LogP contribution is 2.28. The zero-order valence-electron chi connectivity index (χ0n) is 19.3. The van der Waals surface area contributed by atoms with Crippen molar-refractivity contribution in [1.82, 2.24) is 9.29 Å². The molecule has 176 valence electrons. The molecular weight excluding hydrogens is 464 g/mol. The third kappa shape index (κ3) is 5.35. The number of hydrogen-bond acceptors (Lipinski definition) is 6. The van der Waals surface area contributed by atoms with Crippen LogP contribution in [0.1, 0.15) is 32.3 Å². The second kappa shape index (κ2) is 10.9. The molecular formula is C26H28N4O2S2. The Kier molecular flexibility index (Phi) is 7.72. The van der Waals surface area contributed by atoms with Crippen LogP contribution in [-0.2, 0) is 10.0 Å². The van der Waals surface area contributed by atoms with Gasteiger partial charge in [-0.05, 0) is 35.7 Å². The van der Waals surface area contributed by atoms with E-state index in [0.717, 1.165) is 34.7 Å². The Morgan fingerprint density at radius 2 is 1.74 bits per heavy atom. The number of hydrogen-bond donors (Lipinski definition) is 1. The summed E-state index contributed by atoms with van der Waals surface area (Å²) in [4.78, 5) is 4.89. The molecule has 0 saturated carbocycles. The Hall–Kier alpha value is -3.07. The summed E-state index contributed by atoms with van der Waals surface area (Å²) < 4.78 is 27.9. The summed E-state index contributed by atoms with van der Waals surface area (Å²) in [5.41, 5.74) is 5.48. The summed E-state index contributed by atoms with van der Waals surface area (Å²) in [7, 11) is -3.54. The normalized spacial score (nSPS) is 12.1. The van der Waals surface area contributed by atoms with Crippen LogP contribution in [0.25, 0.3) is 22.0 Å². The number of fused-ring (bicyclic) bond motifs is 1. The second-order valence-electron chi connectivity index (χ2n) is 7.91. The van der Waals surface area contributed by atoms with Crippen molar-refractivity contribution in [2.75, 3.05) is 18.5 Å². The maximum absolute atomic E-state index is 13.1. The van der Waals surface area contributed by atoms with E-state index in [1.807, 2.05) is 49.6 Å². The first-order valence-electron chi connectivity index (χ1n) is 11.4. The zero-order chi connectivity index (χ0) is 24.0. The van der Waals surface area contributed by atoms with Crippen molar-refractivity contribution < 1.29 is 8.42 Å². The Morgan fingerprint density at radius 1 is 1.00 bits per heavy atom. The molecule has 0 saturated heterocycles. The minimum Gasteiger partial charge on any atom is -0.253 e. The standard InChI is InChI=1S/C26H28N4O2S2/c1-3-15-30(16-4-2)34(31,32)23-13-8-11-21(17-23)25-19-33-26(28-25)29-27-18-22-12-7-10-20-9-5-6-14-24(20)22/h5-14,17-19H,3-4,15-16H2,1-2H3,(H,28,29). The molecule has 0 aliphatic heterocycles. The van der Waals surface area contributed by atoms with Gasteiger partial charge < -0.3 is 0 Å². The molecule has 1 N–H and O–H groups in total. The Bertz CT molecular complexity index is 1390. The largest absolute Gasteiger partial charge is 0.253 e. The van der Waals surface area contributed by atoms with Crippen LogP contribution in [0.2, 0.25) is 0 Å². The summed E-state index contributed by atoms with van der Waals surface area (Å²) in [6.07, 6.45) is 3.34. The van der Waals surface area contributed by atoms with E-state index >= 15 is 0 Å². The maximum Gasteiger partial charge on any atom is 0.243 e. The Labute approximate surface area is 205 Å². The highest BCUT2D eigenvalue weighted by molar-refractivity contribution is 7.89. The minimum absolute atomic E-state index is 0.295. The molecule has 4 aromatic rings. The van der Waals surface area contributed by atoms with Gasteiger partial charge >= 0.3 is 0 Å². The molecule has 1 heterocycles. The second-order valence-corrected chi connectivity index (χ2v) is 10.7. The van der Waals surface area contributed by atoms with Gasteiger partial charge in [0.2, 0.25) is 15.2 Å². The highest BCUT2D eigenvalue weighted by atomic mass is 32.2. The number of nitrogens with zero attached hydrogens (tertiary/aromatic N) is 3. The topological polar surface area (TPSA) is 74.7 Å². The lowest BCUT2D eigenvalue weighted by Crippen LogP contribution is -2.32. The molecule has 6 nitrogen and oxygen atoms in total. The van der Waals surface area contributed by atoms with Crippen molar-refractivity contribution in [1.29, 1.82) is 0 Å². The van der Waals surface area contributed by atoms with E-state index in [4.69, 9.17) is 0 Å². The fourth-order valence-electron chi connectivity index (χ4n) is 3.79. The lowest BCUT2D eigenvalue weighted by molar-refractivity contribution is 0.410. The molecule has 8 heteroatoms. The van der Waals surface area contributed by atoms with Crippen LogP contribution in [0.3, 0.4) is 0 Å². The molecule has 3 aromatic carbocycles. The van der Waals surface area contributed by atoms with Gasteiger partial charge in [-0.15, -0.1) is 11.3 Å². The van der Waals surface area contributed by atoms with Crippen LogP contribution in [0.4, 0.5) is 5.13 Å². The van der Waals surface area contributed by atoms with Crippen molar-refractivity contribution >= 4 is 43.5 Å². The van der Waals surface area contributed by atoms with E-state index in [-0.39, 0.29) is 0 Å². The van der Waals surface area contributed by atoms with Gasteiger partial charge in [0.1, 0.15) is 0 Å². The molecule has 0 radical (unpaired) electrons. The number of thiazole rings is 1. The number of rotatable bonds is 10. The first-order valence-corrected chi connectivity index (χ1v) is 13.7. The van der Waals surface area contributed by atoms with Gasteiger partial charge in [0, 0.05) is 29.6 Å². The van der Waals surface area contributed by atoms with Crippen LogP contribution in [-0.4, -0.2) is 37.0 Å². The van der Waals surface area contributed by atoms with Gasteiger partial charge in [0.05, 0.1) is 16.8 Å². The summed E-state index contributed by atoms with van der Waals surface area (Å²) in [6, 6.07) is 21.3. The number of aromatic nitrogens is 1. The van der Waals surface area contributed by atoms with Gasteiger partial charge in [-0.2, -0.15) is 9.41 Å². The van der Waals surface area contributed by atoms with Crippen molar-refractivity contribution in [2.24, 2.45) is 5.10 Å². The molecule has 0 bridgehead atoms. The minimum atomic E-state index is -3.54. The van der Waals surface area contributed by atoms with Crippen molar-refractivity contribution in [3.8, 4) is 11.3 Å². The monoisotopic (exact) mass is 492 g/mol. The van der Waals surface area contributed by atoms with Crippen molar-refractivity contribution in [3.05, 3.63) is 77.7 Å². The van der Waals surface area contributed by atoms with E-state index in [9.17, 15) is 8.42 Å².